The number of likely N-dealkylation sites (tertiary alicyclic amines) is 1. The average Bonchev–Trinajstić information content (AvgIpc) is 2.83. The lowest BCUT2D eigenvalue weighted by Crippen LogP contribution is -2.31. The van der Waals surface area contributed by atoms with Crippen LogP contribution in [0.25, 0.3) is 0 Å². The molecule has 3 nitrogen and oxygen atoms in total. The molecule has 1 saturated heterocycles. The third-order valence-electron chi connectivity index (χ3n) is 4.20. The van der Waals surface area contributed by atoms with E-state index >= 15 is 0 Å². The normalized spacial score (nSPS) is 18.1. The summed E-state index contributed by atoms with van der Waals surface area (Å²) in [4.78, 5) is 18.4. The molecule has 1 aliphatic heterocycles. The molecule has 1 aromatic heterocycles. The highest BCUT2D eigenvalue weighted by Gasteiger charge is 2.37. The van der Waals surface area contributed by atoms with Crippen molar-refractivity contribution in [2.75, 3.05) is 13.1 Å². The van der Waals surface area contributed by atoms with Crippen molar-refractivity contribution >= 4 is 21.8 Å². The summed E-state index contributed by atoms with van der Waals surface area (Å²) >= 11 is 3.31. The lowest BCUT2D eigenvalue weighted by Gasteiger charge is -2.26. The van der Waals surface area contributed by atoms with Crippen LogP contribution in [-0.2, 0) is 0 Å². The van der Waals surface area contributed by atoms with Crippen LogP contribution in [0, 0.1) is 5.41 Å². The van der Waals surface area contributed by atoms with E-state index in [1.807, 2.05) is 4.90 Å². The predicted octanol–water partition coefficient (Wildman–Crippen LogP) is 3.50. The van der Waals surface area contributed by atoms with Gasteiger partial charge in [0.15, 0.2) is 0 Å². The van der Waals surface area contributed by atoms with Crippen molar-refractivity contribution in [3.8, 4) is 0 Å². The molecule has 0 atom stereocenters. The first kappa shape index (κ1) is 13.5. The molecule has 0 saturated carbocycles. The van der Waals surface area contributed by atoms with E-state index in [4.69, 9.17) is 0 Å². The molecule has 98 valence electrons. The number of carbonyl (C=O) groups is 1. The number of nitrogens with zero attached hydrogens (tertiary/aromatic N) is 2. The van der Waals surface area contributed by atoms with Gasteiger partial charge in [-0.3, -0.25) is 4.79 Å². The molecule has 2 heterocycles. The van der Waals surface area contributed by atoms with Crippen molar-refractivity contribution in [1.29, 1.82) is 0 Å². The van der Waals surface area contributed by atoms with Gasteiger partial charge in [-0.2, -0.15) is 0 Å². The summed E-state index contributed by atoms with van der Waals surface area (Å²) in [5.41, 5.74) is 1.06. The summed E-state index contributed by atoms with van der Waals surface area (Å²) in [6.07, 6.45) is 5.08. The number of hydrogen-bond acceptors (Lipinski definition) is 2. The Morgan fingerprint density at radius 2 is 2.22 bits per heavy atom. The minimum atomic E-state index is 0.127. The molecule has 0 bridgehead atoms. The minimum absolute atomic E-state index is 0.127. The highest BCUT2D eigenvalue weighted by atomic mass is 79.9. The summed E-state index contributed by atoms with van der Waals surface area (Å²) in [6.45, 7) is 6.21. The molecule has 2 rings (SSSR count). The van der Waals surface area contributed by atoms with E-state index in [0.717, 1.165) is 37.9 Å². The van der Waals surface area contributed by atoms with Gasteiger partial charge < -0.3 is 4.90 Å². The second-order valence-electron chi connectivity index (χ2n) is 5.05. The number of halogens is 1. The molecule has 1 fully saturated rings. The average molecular weight is 311 g/mol. The molecule has 0 aromatic carbocycles. The minimum Gasteiger partial charge on any atom is -0.338 e. The molecule has 1 aliphatic rings. The summed E-state index contributed by atoms with van der Waals surface area (Å²) < 4.78 is 0.713. The third kappa shape index (κ3) is 2.58. The van der Waals surface area contributed by atoms with E-state index in [1.165, 1.54) is 0 Å². The van der Waals surface area contributed by atoms with E-state index in [-0.39, 0.29) is 5.91 Å². The fraction of sp³-hybridized carbons (Fsp3) is 0.571. The molecule has 0 spiro atoms. The molecule has 1 amide bonds. The summed E-state index contributed by atoms with van der Waals surface area (Å²) in [5.74, 6) is 0.127. The first-order valence-electron chi connectivity index (χ1n) is 6.51. The van der Waals surface area contributed by atoms with E-state index < -0.39 is 0 Å². The summed E-state index contributed by atoms with van der Waals surface area (Å²) in [6, 6.07) is 3.57. The molecule has 1 aromatic rings. The van der Waals surface area contributed by atoms with E-state index in [0.29, 0.717) is 10.0 Å². The van der Waals surface area contributed by atoms with Crippen molar-refractivity contribution in [1.82, 2.24) is 9.88 Å². The third-order valence-corrected chi connectivity index (χ3v) is 4.63. The van der Waals surface area contributed by atoms with Crippen LogP contribution in [0.4, 0.5) is 0 Å². The SMILES string of the molecule is CCC1(CC)CCN(C(=O)c2ccnc(Br)c2)C1. The van der Waals surface area contributed by atoms with Crippen molar-refractivity contribution in [2.24, 2.45) is 5.41 Å². The van der Waals surface area contributed by atoms with Crippen LogP contribution in [0.1, 0.15) is 43.5 Å². The van der Waals surface area contributed by atoms with Gasteiger partial charge in [-0.25, -0.2) is 4.98 Å². The molecule has 0 unspecified atom stereocenters. The van der Waals surface area contributed by atoms with E-state index in [2.05, 4.69) is 34.8 Å². The zero-order valence-electron chi connectivity index (χ0n) is 10.9. The smallest absolute Gasteiger partial charge is 0.254 e. The fourth-order valence-electron chi connectivity index (χ4n) is 2.65. The number of carbonyl (C=O) groups excluding carboxylic acids is 1. The quantitative estimate of drug-likeness (QED) is 0.801. The van der Waals surface area contributed by atoms with Gasteiger partial charge in [0, 0.05) is 24.8 Å². The highest BCUT2D eigenvalue weighted by Crippen LogP contribution is 2.37. The molecule has 0 aliphatic carbocycles. The summed E-state index contributed by atoms with van der Waals surface area (Å²) in [5, 5.41) is 0. The Balaban J connectivity index is 2.12. The maximum absolute atomic E-state index is 12.4. The van der Waals surface area contributed by atoms with Crippen molar-refractivity contribution < 1.29 is 4.79 Å². The van der Waals surface area contributed by atoms with Crippen molar-refractivity contribution in [3.05, 3.63) is 28.5 Å². The topological polar surface area (TPSA) is 33.2 Å². The first-order valence-corrected chi connectivity index (χ1v) is 7.30. The Labute approximate surface area is 117 Å². The van der Waals surface area contributed by atoms with E-state index in [9.17, 15) is 4.79 Å². The fourth-order valence-corrected chi connectivity index (χ4v) is 3.02. The lowest BCUT2D eigenvalue weighted by atomic mass is 9.82. The van der Waals surface area contributed by atoms with Gasteiger partial charge in [0.1, 0.15) is 4.60 Å². The van der Waals surface area contributed by atoms with Gasteiger partial charge in [-0.1, -0.05) is 13.8 Å². The van der Waals surface area contributed by atoms with Crippen molar-refractivity contribution in [3.63, 3.8) is 0 Å². The van der Waals surface area contributed by atoms with Crippen LogP contribution < -0.4 is 0 Å². The van der Waals surface area contributed by atoms with Gasteiger partial charge in [0.05, 0.1) is 0 Å². The van der Waals surface area contributed by atoms with Gasteiger partial charge in [-0.15, -0.1) is 0 Å². The molecule has 0 radical (unpaired) electrons. The predicted molar refractivity (Wildman–Crippen MR) is 75.5 cm³/mol. The zero-order valence-corrected chi connectivity index (χ0v) is 12.5. The summed E-state index contributed by atoms with van der Waals surface area (Å²) in [7, 11) is 0. The number of aromatic nitrogens is 1. The van der Waals surface area contributed by atoms with Crippen LogP contribution >= 0.6 is 15.9 Å². The second kappa shape index (κ2) is 5.39. The van der Waals surface area contributed by atoms with Gasteiger partial charge in [-0.05, 0) is 52.7 Å². The lowest BCUT2D eigenvalue weighted by molar-refractivity contribution is 0.0769. The van der Waals surface area contributed by atoms with Crippen LogP contribution in [0.5, 0.6) is 0 Å². The highest BCUT2D eigenvalue weighted by molar-refractivity contribution is 9.10. The van der Waals surface area contributed by atoms with Crippen LogP contribution in [0.15, 0.2) is 22.9 Å². The monoisotopic (exact) mass is 310 g/mol. The molecular weight excluding hydrogens is 292 g/mol. The maximum atomic E-state index is 12.4. The maximum Gasteiger partial charge on any atom is 0.254 e. The van der Waals surface area contributed by atoms with Gasteiger partial charge in [0.25, 0.3) is 5.91 Å². The van der Waals surface area contributed by atoms with Crippen LogP contribution in [0.3, 0.4) is 0 Å². The molecular formula is C14H19BrN2O. The number of pyridine rings is 1. The Kier molecular flexibility index (Phi) is 4.05. The number of rotatable bonds is 3. The van der Waals surface area contributed by atoms with Crippen LogP contribution in [-0.4, -0.2) is 28.9 Å². The Bertz CT molecular complexity index is 443. The standard InChI is InChI=1S/C14H19BrN2O/c1-3-14(4-2)6-8-17(10-14)13(18)11-5-7-16-12(15)9-11/h5,7,9H,3-4,6,8,10H2,1-2H3. The first-order chi connectivity index (χ1) is 8.60. The molecule has 4 heteroatoms. The Morgan fingerprint density at radius 3 is 2.78 bits per heavy atom. The number of amides is 1. The Morgan fingerprint density at radius 1 is 1.50 bits per heavy atom. The largest absolute Gasteiger partial charge is 0.338 e. The van der Waals surface area contributed by atoms with Gasteiger partial charge in [0.2, 0.25) is 0 Å². The van der Waals surface area contributed by atoms with E-state index in [1.54, 1.807) is 18.3 Å². The van der Waals surface area contributed by atoms with Crippen LogP contribution in [0.2, 0.25) is 0 Å². The number of hydrogen-bond donors (Lipinski definition) is 0. The van der Waals surface area contributed by atoms with Crippen molar-refractivity contribution in [2.45, 2.75) is 33.1 Å². The second-order valence-corrected chi connectivity index (χ2v) is 5.86. The van der Waals surface area contributed by atoms with Gasteiger partial charge >= 0.3 is 0 Å². The molecule has 0 N–H and O–H groups in total. The zero-order chi connectivity index (χ0) is 13.2. The Hall–Kier alpha value is -0.900. The molecule has 18 heavy (non-hydrogen) atoms.